The van der Waals surface area contributed by atoms with Crippen molar-refractivity contribution in [1.82, 2.24) is 10.6 Å². The number of esters is 1. The number of ether oxygens (including phenoxy) is 5. The monoisotopic (exact) mass is 632 g/mol. The van der Waals surface area contributed by atoms with Gasteiger partial charge < -0.3 is 39.4 Å². The molecule has 12 nitrogen and oxygen atoms in total. The van der Waals surface area contributed by atoms with Crippen LogP contribution in [0.5, 0.6) is 0 Å². The van der Waals surface area contributed by atoms with Crippen LogP contribution in [-0.4, -0.2) is 78.9 Å². The Morgan fingerprint density at radius 1 is 0.689 bits per heavy atom. The molecule has 4 aliphatic rings. The number of rotatable bonds is 8. The molecule has 12 heteroatoms. The average molecular weight is 633 g/mol. The maximum atomic E-state index is 12.8. The minimum absolute atomic E-state index is 0.148. The lowest BCUT2D eigenvalue weighted by Crippen LogP contribution is -2.56. The van der Waals surface area contributed by atoms with Gasteiger partial charge in [0.1, 0.15) is 29.9 Å². The Hall–Kier alpha value is -3.38. The topological polar surface area (TPSA) is 159 Å². The van der Waals surface area contributed by atoms with Gasteiger partial charge in [-0.05, 0) is 31.2 Å². The third-order valence-corrected chi connectivity index (χ3v) is 8.99. The highest BCUT2D eigenvalue weighted by Gasteiger charge is 2.44. The quantitative estimate of drug-likeness (QED) is 0.263. The summed E-state index contributed by atoms with van der Waals surface area (Å²) in [7, 11) is 0. The number of hydrogen-bond donors (Lipinski definition) is 3. The van der Waals surface area contributed by atoms with Crippen molar-refractivity contribution in [1.29, 1.82) is 0 Å². The Balaban J connectivity index is 0.000000215. The first kappa shape index (κ1) is 34.5. The number of amides is 2. The van der Waals surface area contributed by atoms with Crippen LogP contribution < -0.4 is 10.6 Å². The fraction of sp³-hybridized carbons (Fsp3) is 0.697. The van der Waals surface area contributed by atoms with Crippen LogP contribution in [0.3, 0.4) is 0 Å². The van der Waals surface area contributed by atoms with Crippen LogP contribution in [0.2, 0.25) is 0 Å². The molecule has 0 bridgehead atoms. The van der Waals surface area contributed by atoms with Gasteiger partial charge in [-0.1, -0.05) is 68.9 Å². The van der Waals surface area contributed by atoms with Crippen molar-refractivity contribution < 1.29 is 48.0 Å². The number of nitrogens with one attached hydrogen (secondary N) is 2. The van der Waals surface area contributed by atoms with E-state index in [0.717, 1.165) is 44.1 Å². The van der Waals surface area contributed by atoms with Gasteiger partial charge >= 0.3 is 24.1 Å². The maximum Gasteiger partial charge on any atom is 0.408 e. The van der Waals surface area contributed by atoms with E-state index in [9.17, 15) is 24.3 Å². The summed E-state index contributed by atoms with van der Waals surface area (Å²) in [4.78, 5) is 48.5. The van der Waals surface area contributed by atoms with E-state index in [-0.39, 0.29) is 24.8 Å². The van der Waals surface area contributed by atoms with Crippen LogP contribution in [0, 0.1) is 0 Å². The van der Waals surface area contributed by atoms with E-state index < -0.39 is 29.2 Å². The molecule has 250 valence electrons. The summed E-state index contributed by atoms with van der Waals surface area (Å²) in [6, 6.07) is 9.55. The van der Waals surface area contributed by atoms with Gasteiger partial charge in [-0.25, -0.2) is 19.2 Å². The number of alkyl carbamates (subject to hydrolysis) is 2. The summed E-state index contributed by atoms with van der Waals surface area (Å²) >= 11 is 0. The van der Waals surface area contributed by atoms with Crippen molar-refractivity contribution >= 4 is 24.1 Å². The van der Waals surface area contributed by atoms with Crippen LogP contribution in [0.1, 0.15) is 95.5 Å². The molecule has 1 aromatic rings. The van der Waals surface area contributed by atoms with Gasteiger partial charge in [0.15, 0.2) is 0 Å². The van der Waals surface area contributed by atoms with Crippen molar-refractivity contribution in [2.45, 2.75) is 120 Å². The largest absolute Gasteiger partial charge is 0.480 e. The fourth-order valence-electron chi connectivity index (χ4n) is 6.28. The Labute approximate surface area is 264 Å². The van der Waals surface area contributed by atoms with E-state index in [1.807, 2.05) is 30.3 Å². The zero-order chi connectivity index (χ0) is 32.0. The Kier molecular flexibility index (Phi) is 13.3. The predicted molar refractivity (Wildman–Crippen MR) is 162 cm³/mol. The summed E-state index contributed by atoms with van der Waals surface area (Å²) in [6.07, 6.45) is 8.90. The second-order valence-electron chi connectivity index (χ2n) is 12.3. The number of hydrogen-bond acceptors (Lipinski definition) is 9. The molecule has 45 heavy (non-hydrogen) atoms. The first-order valence-corrected chi connectivity index (χ1v) is 16.4. The molecule has 0 unspecified atom stereocenters. The fourth-order valence-corrected chi connectivity index (χ4v) is 6.28. The Bertz CT molecular complexity index is 1090. The molecule has 0 atom stereocenters. The van der Waals surface area contributed by atoms with Crippen LogP contribution in [-0.2, 0) is 39.9 Å². The van der Waals surface area contributed by atoms with E-state index in [2.05, 4.69) is 10.6 Å². The minimum atomic E-state index is -1.14. The number of carbonyl (C=O) groups is 4. The van der Waals surface area contributed by atoms with Crippen LogP contribution in [0.4, 0.5) is 9.59 Å². The summed E-state index contributed by atoms with van der Waals surface area (Å²) in [6.45, 7) is 2.58. The minimum Gasteiger partial charge on any atom is -0.480 e. The second kappa shape index (κ2) is 17.4. The lowest BCUT2D eigenvalue weighted by Gasteiger charge is -2.35. The van der Waals surface area contributed by atoms with Gasteiger partial charge in [0.25, 0.3) is 0 Å². The highest BCUT2D eigenvalue weighted by atomic mass is 16.6. The molecule has 2 aliphatic carbocycles. The SMILES string of the molecule is O=C(NC1(C(=O)O)CCCCC1)OC1CCOCC1.O=C(NC1(C(=O)OCc2ccccc2)CCCCC1)OC1CCOCC1. The van der Waals surface area contributed by atoms with Gasteiger partial charge in [0.05, 0.1) is 26.4 Å². The van der Waals surface area contributed by atoms with Gasteiger partial charge in [0.2, 0.25) is 0 Å². The zero-order valence-electron chi connectivity index (χ0n) is 26.1. The average Bonchev–Trinajstić information content (AvgIpc) is 3.06. The number of carbonyl (C=O) groups excluding carboxylic acids is 3. The zero-order valence-corrected chi connectivity index (χ0v) is 26.1. The lowest BCUT2D eigenvalue weighted by molar-refractivity contribution is -0.154. The van der Waals surface area contributed by atoms with E-state index in [0.29, 0.717) is 77.8 Å². The predicted octanol–water partition coefficient (Wildman–Crippen LogP) is 5.02. The highest BCUT2D eigenvalue weighted by molar-refractivity contribution is 5.86. The van der Waals surface area contributed by atoms with Crippen molar-refractivity contribution in [3.05, 3.63) is 35.9 Å². The van der Waals surface area contributed by atoms with Gasteiger partial charge in [-0.3, -0.25) is 0 Å². The molecule has 2 aliphatic heterocycles. The molecule has 3 N–H and O–H groups in total. The number of benzene rings is 1. The van der Waals surface area contributed by atoms with E-state index >= 15 is 0 Å². The standard InChI is InChI=1S/C20H27NO5.C13H21NO5/c22-18(25-15-16-7-3-1-4-8-16)20(11-5-2-6-12-20)21-19(23)26-17-9-13-24-14-10-17;15-11(16)13(6-2-1-3-7-13)14-12(17)19-10-4-8-18-9-5-10/h1,3-4,7-8,17H,2,5-6,9-15H2,(H,21,23);10H,1-9H2,(H,14,17)(H,15,16). The van der Waals surface area contributed by atoms with E-state index in [1.54, 1.807) is 0 Å². The molecule has 5 rings (SSSR count). The molecule has 0 radical (unpaired) electrons. The van der Waals surface area contributed by atoms with Crippen molar-refractivity contribution in [2.75, 3.05) is 26.4 Å². The Morgan fingerprint density at radius 2 is 1.13 bits per heavy atom. The van der Waals surface area contributed by atoms with Gasteiger partial charge in [-0.15, -0.1) is 0 Å². The number of carboxylic acids is 1. The van der Waals surface area contributed by atoms with Crippen LogP contribution >= 0.6 is 0 Å². The summed E-state index contributed by atoms with van der Waals surface area (Å²) in [5, 5.41) is 14.8. The van der Waals surface area contributed by atoms with Crippen LogP contribution in [0.15, 0.2) is 30.3 Å². The molecule has 2 heterocycles. The molecule has 4 fully saturated rings. The van der Waals surface area contributed by atoms with E-state index in [1.165, 1.54) is 0 Å². The first-order chi connectivity index (χ1) is 21.8. The lowest BCUT2D eigenvalue weighted by atomic mass is 9.82. The highest BCUT2D eigenvalue weighted by Crippen LogP contribution is 2.31. The molecule has 2 saturated carbocycles. The molecular weight excluding hydrogens is 584 g/mol. The molecule has 2 amide bonds. The third-order valence-electron chi connectivity index (χ3n) is 8.99. The number of aliphatic carboxylic acids is 1. The van der Waals surface area contributed by atoms with Crippen LogP contribution in [0.25, 0.3) is 0 Å². The van der Waals surface area contributed by atoms with Gasteiger partial charge in [0, 0.05) is 25.7 Å². The van der Waals surface area contributed by atoms with Crippen molar-refractivity contribution in [3.63, 3.8) is 0 Å². The van der Waals surface area contributed by atoms with Gasteiger partial charge in [-0.2, -0.15) is 0 Å². The summed E-state index contributed by atoms with van der Waals surface area (Å²) in [5.74, 6) is -1.33. The summed E-state index contributed by atoms with van der Waals surface area (Å²) in [5.41, 5.74) is -1.19. The first-order valence-electron chi connectivity index (χ1n) is 16.4. The maximum absolute atomic E-state index is 12.8. The summed E-state index contributed by atoms with van der Waals surface area (Å²) < 4.78 is 26.8. The van der Waals surface area contributed by atoms with Crippen molar-refractivity contribution in [3.8, 4) is 0 Å². The van der Waals surface area contributed by atoms with E-state index in [4.69, 9.17) is 23.7 Å². The third kappa shape index (κ3) is 10.6. The molecular formula is C33H48N2O10. The molecule has 0 aromatic heterocycles. The molecule has 2 saturated heterocycles. The molecule has 1 aromatic carbocycles. The molecule has 0 spiro atoms. The normalized spacial score (nSPS) is 21.6. The Morgan fingerprint density at radius 3 is 1.60 bits per heavy atom. The smallest absolute Gasteiger partial charge is 0.408 e. The van der Waals surface area contributed by atoms with Crippen molar-refractivity contribution in [2.24, 2.45) is 0 Å². The number of carboxylic acid groups (broad SMARTS) is 1. The second-order valence-corrected chi connectivity index (χ2v) is 12.3.